The van der Waals surface area contributed by atoms with Crippen molar-refractivity contribution in [3.63, 3.8) is 0 Å². The van der Waals surface area contributed by atoms with Crippen LogP contribution in [0.5, 0.6) is 0 Å². The maximum atomic E-state index is 5.66. The quantitative estimate of drug-likeness (QED) is 0.752. The Kier molecular flexibility index (Phi) is 3.37. The van der Waals surface area contributed by atoms with Gasteiger partial charge in [0.15, 0.2) is 0 Å². The predicted molar refractivity (Wildman–Crippen MR) is 62.7 cm³/mol. The Labute approximate surface area is 99.5 Å². The van der Waals surface area contributed by atoms with Crippen LogP contribution in [0.15, 0.2) is 18.6 Å². The summed E-state index contributed by atoms with van der Waals surface area (Å²) in [5.74, 6) is 0.613. The highest BCUT2D eigenvalue weighted by Gasteiger charge is 2.19. The first kappa shape index (κ1) is 11.3. The number of hydrogen-bond donors (Lipinski definition) is 1. The zero-order chi connectivity index (χ0) is 10.1. The van der Waals surface area contributed by atoms with Gasteiger partial charge in [0.25, 0.3) is 5.78 Å². The SMILES string of the molecule is S.c1cc([C@@H]2CNCCO2)n2ncnc2n1. The maximum Gasteiger partial charge on any atom is 0.252 e. The summed E-state index contributed by atoms with van der Waals surface area (Å²) in [4.78, 5) is 8.15. The molecule has 0 unspecified atom stereocenters. The lowest BCUT2D eigenvalue weighted by molar-refractivity contribution is 0.0236. The molecule has 1 N–H and O–H groups in total. The van der Waals surface area contributed by atoms with Crippen molar-refractivity contribution in [3.8, 4) is 0 Å². The first-order valence-corrected chi connectivity index (χ1v) is 4.92. The summed E-state index contributed by atoms with van der Waals surface area (Å²) in [6.07, 6.45) is 3.27. The van der Waals surface area contributed by atoms with E-state index in [0.29, 0.717) is 5.78 Å². The smallest absolute Gasteiger partial charge is 0.252 e. The predicted octanol–water partition coefficient (Wildman–Crippen LogP) is -0.102. The summed E-state index contributed by atoms with van der Waals surface area (Å²) >= 11 is 0. The van der Waals surface area contributed by atoms with Crippen molar-refractivity contribution in [2.45, 2.75) is 6.10 Å². The highest BCUT2D eigenvalue weighted by molar-refractivity contribution is 7.59. The van der Waals surface area contributed by atoms with Gasteiger partial charge in [-0.2, -0.15) is 28.1 Å². The Morgan fingerprint density at radius 2 is 2.38 bits per heavy atom. The van der Waals surface area contributed by atoms with Gasteiger partial charge in [-0.15, -0.1) is 0 Å². The fourth-order valence-electron chi connectivity index (χ4n) is 1.76. The minimum Gasteiger partial charge on any atom is -0.369 e. The lowest BCUT2D eigenvalue weighted by Gasteiger charge is -2.23. The number of hydrogen-bond acceptors (Lipinski definition) is 5. The molecule has 0 saturated carbocycles. The molecule has 7 heteroatoms. The summed E-state index contributed by atoms with van der Waals surface area (Å²) in [6.45, 7) is 2.43. The van der Waals surface area contributed by atoms with Crippen LogP contribution >= 0.6 is 13.5 Å². The molecule has 86 valence electrons. The van der Waals surface area contributed by atoms with Gasteiger partial charge in [0.1, 0.15) is 12.4 Å². The Morgan fingerprint density at radius 1 is 1.44 bits per heavy atom. The zero-order valence-corrected chi connectivity index (χ0v) is 9.63. The van der Waals surface area contributed by atoms with Crippen LogP contribution in [-0.4, -0.2) is 39.3 Å². The van der Waals surface area contributed by atoms with E-state index in [1.807, 2.05) is 6.07 Å². The Balaban J connectivity index is 0.000000963. The highest BCUT2D eigenvalue weighted by Crippen LogP contribution is 2.17. The van der Waals surface area contributed by atoms with E-state index in [-0.39, 0.29) is 19.6 Å². The molecule has 1 aliphatic rings. The van der Waals surface area contributed by atoms with Crippen LogP contribution in [0.25, 0.3) is 5.78 Å². The van der Waals surface area contributed by atoms with E-state index in [1.54, 1.807) is 10.7 Å². The average Bonchev–Trinajstić information content (AvgIpc) is 2.78. The van der Waals surface area contributed by atoms with Gasteiger partial charge in [0.2, 0.25) is 0 Å². The number of nitrogens with one attached hydrogen (secondary N) is 1. The fraction of sp³-hybridized carbons (Fsp3) is 0.444. The van der Waals surface area contributed by atoms with Gasteiger partial charge in [0, 0.05) is 19.3 Å². The second-order valence-corrected chi connectivity index (χ2v) is 3.41. The van der Waals surface area contributed by atoms with Gasteiger partial charge in [-0.25, -0.2) is 4.98 Å². The minimum absolute atomic E-state index is 0. The second kappa shape index (κ2) is 4.77. The third-order valence-corrected chi connectivity index (χ3v) is 2.47. The number of rotatable bonds is 1. The molecule has 2 aromatic rings. The molecule has 6 nitrogen and oxygen atoms in total. The van der Waals surface area contributed by atoms with Crippen molar-refractivity contribution >= 4 is 19.3 Å². The molecule has 1 fully saturated rings. The third kappa shape index (κ3) is 1.89. The van der Waals surface area contributed by atoms with Crippen molar-refractivity contribution in [2.75, 3.05) is 19.7 Å². The van der Waals surface area contributed by atoms with Gasteiger partial charge in [-0.3, -0.25) is 0 Å². The monoisotopic (exact) mass is 239 g/mol. The van der Waals surface area contributed by atoms with E-state index in [2.05, 4.69) is 20.4 Å². The molecule has 1 aliphatic heterocycles. The maximum absolute atomic E-state index is 5.66. The molecule has 1 saturated heterocycles. The molecule has 3 rings (SSSR count). The summed E-state index contributed by atoms with van der Waals surface area (Å²) in [5, 5.41) is 7.41. The first-order chi connectivity index (χ1) is 7.45. The van der Waals surface area contributed by atoms with E-state index >= 15 is 0 Å². The molecule has 0 spiro atoms. The summed E-state index contributed by atoms with van der Waals surface area (Å²) in [7, 11) is 0. The zero-order valence-electron chi connectivity index (χ0n) is 8.63. The number of fused-ring (bicyclic) bond motifs is 1. The molecule has 0 bridgehead atoms. The minimum atomic E-state index is 0. The van der Waals surface area contributed by atoms with Crippen molar-refractivity contribution in [1.29, 1.82) is 0 Å². The molecule has 16 heavy (non-hydrogen) atoms. The molecule has 0 aromatic carbocycles. The largest absolute Gasteiger partial charge is 0.369 e. The second-order valence-electron chi connectivity index (χ2n) is 3.41. The van der Waals surface area contributed by atoms with Gasteiger partial charge in [0.05, 0.1) is 12.3 Å². The molecular formula is C9H13N5OS. The molecule has 0 radical (unpaired) electrons. The van der Waals surface area contributed by atoms with Crippen molar-refractivity contribution in [2.24, 2.45) is 0 Å². The van der Waals surface area contributed by atoms with Crippen molar-refractivity contribution in [1.82, 2.24) is 24.9 Å². The molecule has 0 amide bonds. The number of ether oxygens (including phenoxy) is 1. The Bertz CT molecular complexity index is 468. The van der Waals surface area contributed by atoms with Crippen LogP contribution < -0.4 is 5.32 Å². The molecule has 0 aliphatic carbocycles. The summed E-state index contributed by atoms with van der Waals surface area (Å²) in [5.41, 5.74) is 0.990. The van der Waals surface area contributed by atoms with Crippen molar-refractivity contribution < 1.29 is 4.74 Å². The molecule has 3 heterocycles. The van der Waals surface area contributed by atoms with Crippen LogP contribution in [0.4, 0.5) is 0 Å². The summed E-state index contributed by atoms with van der Waals surface area (Å²) in [6, 6.07) is 1.92. The van der Waals surface area contributed by atoms with E-state index in [4.69, 9.17) is 4.74 Å². The lowest BCUT2D eigenvalue weighted by atomic mass is 10.2. The van der Waals surface area contributed by atoms with Crippen LogP contribution in [-0.2, 0) is 4.74 Å². The average molecular weight is 239 g/mol. The van der Waals surface area contributed by atoms with Crippen molar-refractivity contribution in [3.05, 3.63) is 24.3 Å². The van der Waals surface area contributed by atoms with Crippen LogP contribution in [0.3, 0.4) is 0 Å². The van der Waals surface area contributed by atoms with E-state index in [9.17, 15) is 0 Å². The van der Waals surface area contributed by atoms with Gasteiger partial charge >= 0.3 is 0 Å². The topological polar surface area (TPSA) is 64.3 Å². The molecule has 1 atom stereocenters. The fourth-order valence-corrected chi connectivity index (χ4v) is 1.76. The highest BCUT2D eigenvalue weighted by atomic mass is 32.1. The van der Waals surface area contributed by atoms with E-state index in [0.717, 1.165) is 25.4 Å². The lowest BCUT2D eigenvalue weighted by Crippen LogP contribution is -2.34. The summed E-state index contributed by atoms with van der Waals surface area (Å²) < 4.78 is 7.38. The van der Waals surface area contributed by atoms with Gasteiger partial charge in [-0.05, 0) is 6.07 Å². The van der Waals surface area contributed by atoms with Crippen LogP contribution in [0.2, 0.25) is 0 Å². The third-order valence-electron chi connectivity index (χ3n) is 2.47. The normalized spacial score (nSPS) is 20.6. The van der Waals surface area contributed by atoms with Gasteiger partial charge in [-0.1, -0.05) is 0 Å². The first-order valence-electron chi connectivity index (χ1n) is 4.92. The molecule has 2 aromatic heterocycles. The Hall–Kier alpha value is -1.18. The molecular weight excluding hydrogens is 226 g/mol. The Morgan fingerprint density at radius 3 is 3.19 bits per heavy atom. The number of morpholine rings is 1. The van der Waals surface area contributed by atoms with E-state index in [1.165, 1.54) is 6.33 Å². The van der Waals surface area contributed by atoms with Crippen LogP contribution in [0, 0.1) is 0 Å². The van der Waals surface area contributed by atoms with E-state index < -0.39 is 0 Å². The van der Waals surface area contributed by atoms with Gasteiger partial charge < -0.3 is 10.1 Å². The number of aromatic nitrogens is 4. The standard InChI is InChI=1S/C9H11N5O.H2S/c1-2-11-9-12-6-13-14(9)7(1)8-5-10-3-4-15-8;/h1-2,6,8,10H,3-5H2;1H2/t8-;/m0./s1. The number of nitrogens with zero attached hydrogens (tertiary/aromatic N) is 4. The van der Waals surface area contributed by atoms with Crippen LogP contribution in [0.1, 0.15) is 11.8 Å².